The fourth-order valence-corrected chi connectivity index (χ4v) is 2.34. The molecular formula is C19H15F3N2O3. The molecule has 5 nitrogen and oxygen atoms in total. The Hall–Kier alpha value is -3.29. The van der Waals surface area contributed by atoms with Crippen LogP contribution in [0.4, 0.5) is 19.1 Å². The number of ether oxygens (including phenoxy) is 1. The number of benzene rings is 2. The summed E-state index contributed by atoms with van der Waals surface area (Å²) >= 11 is 0. The van der Waals surface area contributed by atoms with Crippen LogP contribution in [-0.2, 0) is 4.79 Å². The SMILES string of the molecule is CCC(Oc1ccccc1F)C(=O)Nc1cc(-c2ccc(F)c(F)c2)no1. The lowest BCUT2D eigenvalue weighted by molar-refractivity contribution is -0.123. The van der Waals surface area contributed by atoms with Gasteiger partial charge in [-0.2, -0.15) is 0 Å². The number of carbonyl (C=O) groups excluding carboxylic acids is 1. The van der Waals surface area contributed by atoms with Crippen LogP contribution in [-0.4, -0.2) is 17.2 Å². The van der Waals surface area contributed by atoms with Crippen LogP contribution in [0.15, 0.2) is 53.1 Å². The Morgan fingerprint density at radius 3 is 2.59 bits per heavy atom. The minimum absolute atomic E-state index is 0.00434. The van der Waals surface area contributed by atoms with Gasteiger partial charge >= 0.3 is 0 Å². The Morgan fingerprint density at radius 1 is 1.11 bits per heavy atom. The molecule has 3 aromatic rings. The van der Waals surface area contributed by atoms with E-state index in [9.17, 15) is 18.0 Å². The van der Waals surface area contributed by atoms with Crippen LogP contribution < -0.4 is 10.1 Å². The minimum Gasteiger partial charge on any atom is -0.478 e. The minimum atomic E-state index is -1.02. The summed E-state index contributed by atoms with van der Waals surface area (Å²) in [5.41, 5.74) is 0.500. The molecule has 1 heterocycles. The summed E-state index contributed by atoms with van der Waals surface area (Å²) in [7, 11) is 0. The van der Waals surface area contributed by atoms with Crippen molar-refractivity contribution in [3.8, 4) is 17.0 Å². The second-order valence-corrected chi connectivity index (χ2v) is 5.64. The van der Waals surface area contributed by atoms with Gasteiger partial charge in [-0.25, -0.2) is 13.2 Å². The van der Waals surface area contributed by atoms with Crippen molar-refractivity contribution in [2.75, 3.05) is 5.32 Å². The number of hydrogen-bond acceptors (Lipinski definition) is 4. The molecule has 140 valence electrons. The molecule has 0 saturated heterocycles. The van der Waals surface area contributed by atoms with E-state index in [1.807, 2.05) is 0 Å². The molecule has 1 unspecified atom stereocenters. The fraction of sp³-hybridized carbons (Fsp3) is 0.158. The molecule has 0 fully saturated rings. The number of para-hydroxylation sites is 1. The van der Waals surface area contributed by atoms with E-state index in [4.69, 9.17) is 9.26 Å². The molecule has 3 rings (SSSR count). The molecule has 1 aromatic heterocycles. The van der Waals surface area contributed by atoms with Crippen molar-refractivity contribution in [3.63, 3.8) is 0 Å². The quantitative estimate of drug-likeness (QED) is 0.685. The molecule has 1 atom stereocenters. The van der Waals surface area contributed by atoms with E-state index in [1.54, 1.807) is 13.0 Å². The van der Waals surface area contributed by atoms with Gasteiger partial charge in [-0.05, 0) is 36.8 Å². The van der Waals surface area contributed by atoms with Gasteiger partial charge in [-0.3, -0.25) is 10.1 Å². The van der Waals surface area contributed by atoms with Crippen molar-refractivity contribution in [1.29, 1.82) is 0 Å². The largest absolute Gasteiger partial charge is 0.478 e. The number of halogens is 3. The van der Waals surface area contributed by atoms with Crippen molar-refractivity contribution in [3.05, 3.63) is 66.0 Å². The predicted molar refractivity (Wildman–Crippen MR) is 91.6 cm³/mol. The molecule has 0 saturated carbocycles. The number of nitrogens with one attached hydrogen (secondary N) is 1. The molecule has 8 heteroatoms. The zero-order chi connectivity index (χ0) is 19.4. The van der Waals surface area contributed by atoms with Crippen molar-refractivity contribution in [2.45, 2.75) is 19.4 Å². The maximum Gasteiger partial charge on any atom is 0.267 e. The van der Waals surface area contributed by atoms with Crippen LogP contribution in [0.3, 0.4) is 0 Å². The Kier molecular flexibility index (Phi) is 5.44. The molecule has 27 heavy (non-hydrogen) atoms. The molecule has 1 N–H and O–H groups in total. The third-order valence-corrected chi connectivity index (χ3v) is 3.74. The molecule has 0 aliphatic heterocycles. The molecule has 0 bridgehead atoms. The van der Waals surface area contributed by atoms with Gasteiger partial charge < -0.3 is 9.26 Å². The molecule has 0 aliphatic carbocycles. The van der Waals surface area contributed by atoms with Crippen LogP contribution in [0.25, 0.3) is 11.3 Å². The van der Waals surface area contributed by atoms with Gasteiger partial charge in [0.05, 0.1) is 0 Å². The highest BCUT2D eigenvalue weighted by molar-refractivity contribution is 5.93. The van der Waals surface area contributed by atoms with E-state index < -0.39 is 29.5 Å². The van der Waals surface area contributed by atoms with Crippen LogP contribution >= 0.6 is 0 Å². The third kappa shape index (κ3) is 4.28. The Balaban J connectivity index is 1.70. The normalized spacial score (nSPS) is 11.9. The summed E-state index contributed by atoms with van der Waals surface area (Å²) < 4.78 is 50.4. The summed E-state index contributed by atoms with van der Waals surface area (Å²) in [6.07, 6.45) is -0.677. The van der Waals surface area contributed by atoms with Gasteiger partial charge in [-0.15, -0.1) is 0 Å². The lowest BCUT2D eigenvalue weighted by Gasteiger charge is -2.16. The summed E-state index contributed by atoms with van der Waals surface area (Å²) in [5.74, 6) is -3.19. The lowest BCUT2D eigenvalue weighted by atomic mass is 10.1. The summed E-state index contributed by atoms with van der Waals surface area (Å²) in [6.45, 7) is 1.71. The Labute approximate surface area is 152 Å². The van der Waals surface area contributed by atoms with Gasteiger partial charge in [0.1, 0.15) is 5.69 Å². The second-order valence-electron chi connectivity index (χ2n) is 5.64. The number of nitrogens with zero attached hydrogens (tertiary/aromatic N) is 1. The highest BCUT2D eigenvalue weighted by Gasteiger charge is 2.21. The number of anilines is 1. The first-order chi connectivity index (χ1) is 13.0. The van der Waals surface area contributed by atoms with Crippen molar-refractivity contribution >= 4 is 11.8 Å². The molecule has 0 aliphatic rings. The molecule has 2 aromatic carbocycles. The van der Waals surface area contributed by atoms with Gasteiger partial charge in [0.25, 0.3) is 5.91 Å². The van der Waals surface area contributed by atoms with E-state index >= 15 is 0 Å². The molecule has 0 radical (unpaired) electrons. The number of hydrogen-bond donors (Lipinski definition) is 1. The van der Waals surface area contributed by atoms with Crippen LogP contribution in [0.5, 0.6) is 5.75 Å². The second kappa shape index (κ2) is 7.94. The average Bonchev–Trinajstić information content (AvgIpc) is 3.11. The average molecular weight is 376 g/mol. The van der Waals surface area contributed by atoms with Gasteiger partial charge in [0.2, 0.25) is 5.88 Å². The van der Waals surface area contributed by atoms with Crippen LogP contribution in [0.1, 0.15) is 13.3 Å². The first-order valence-corrected chi connectivity index (χ1v) is 8.12. The predicted octanol–water partition coefficient (Wildman–Crippen LogP) is 4.56. The number of rotatable bonds is 6. The van der Waals surface area contributed by atoms with Crippen molar-refractivity contribution in [2.24, 2.45) is 0 Å². The first-order valence-electron chi connectivity index (χ1n) is 8.12. The van der Waals surface area contributed by atoms with Crippen molar-refractivity contribution in [1.82, 2.24) is 5.16 Å². The zero-order valence-corrected chi connectivity index (χ0v) is 14.2. The molecular weight excluding hydrogens is 361 g/mol. The maximum absolute atomic E-state index is 13.7. The fourth-order valence-electron chi connectivity index (χ4n) is 2.34. The first kappa shape index (κ1) is 18.5. The van der Waals surface area contributed by atoms with E-state index in [-0.39, 0.29) is 29.3 Å². The standard InChI is InChI=1S/C19H15F3N2O3/c1-2-16(26-17-6-4-3-5-13(17)21)19(25)23-18-10-15(24-27-18)11-7-8-12(20)14(22)9-11/h3-10,16H,2H2,1H3,(H,23,25). The Morgan fingerprint density at radius 2 is 1.89 bits per heavy atom. The third-order valence-electron chi connectivity index (χ3n) is 3.74. The van der Waals surface area contributed by atoms with Crippen LogP contribution in [0, 0.1) is 17.5 Å². The smallest absolute Gasteiger partial charge is 0.267 e. The van der Waals surface area contributed by atoms with Crippen molar-refractivity contribution < 1.29 is 27.2 Å². The van der Waals surface area contributed by atoms with Gasteiger partial charge in [-0.1, -0.05) is 24.2 Å². The van der Waals surface area contributed by atoms with Gasteiger partial charge in [0, 0.05) is 11.6 Å². The monoisotopic (exact) mass is 376 g/mol. The molecule has 1 amide bonds. The van der Waals surface area contributed by atoms with E-state index in [0.29, 0.717) is 0 Å². The summed E-state index contributed by atoms with van der Waals surface area (Å²) in [4.78, 5) is 12.3. The van der Waals surface area contributed by atoms with E-state index in [2.05, 4.69) is 10.5 Å². The number of carbonyl (C=O) groups is 1. The number of amides is 1. The van der Waals surface area contributed by atoms with E-state index in [1.165, 1.54) is 30.3 Å². The van der Waals surface area contributed by atoms with Gasteiger partial charge in [0.15, 0.2) is 29.3 Å². The highest BCUT2D eigenvalue weighted by Crippen LogP contribution is 2.24. The maximum atomic E-state index is 13.7. The summed E-state index contributed by atoms with van der Waals surface area (Å²) in [6, 6.07) is 10.4. The van der Waals surface area contributed by atoms with Crippen LogP contribution in [0.2, 0.25) is 0 Å². The van der Waals surface area contributed by atoms with E-state index in [0.717, 1.165) is 12.1 Å². The highest BCUT2D eigenvalue weighted by atomic mass is 19.2. The lowest BCUT2D eigenvalue weighted by Crippen LogP contribution is -2.32. The zero-order valence-electron chi connectivity index (χ0n) is 14.2. The topological polar surface area (TPSA) is 64.4 Å². The Bertz CT molecular complexity index is 959. The molecule has 0 spiro atoms. The summed E-state index contributed by atoms with van der Waals surface area (Å²) in [5, 5.41) is 6.18. The number of aromatic nitrogens is 1.